The van der Waals surface area contributed by atoms with E-state index in [0.717, 1.165) is 31.4 Å². The van der Waals surface area contributed by atoms with E-state index in [1.807, 2.05) is 31.1 Å². The van der Waals surface area contributed by atoms with Gasteiger partial charge in [-0.15, -0.1) is 0 Å². The molecule has 1 aliphatic heterocycles. The van der Waals surface area contributed by atoms with Crippen LogP contribution >= 0.6 is 0 Å². The first-order chi connectivity index (χ1) is 12.0. The van der Waals surface area contributed by atoms with Crippen molar-refractivity contribution in [1.82, 2.24) is 9.80 Å². The second-order valence-corrected chi connectivity index (χ2v) is 6.67. The summed E-state index contributed by atoms with van der Waals surface area (Å²) in [4.78, 5) is 29.0. The average Bonchev–Trinajstić information content (AvgIpc) is 3.10. The highest BCUT2D eigenvalue weighted by Crippen LogP contribution is 2.17. The average molecular weight is 344 g/mol. The van der Waals surface area contributed by atoms with Crippen molar-refractivity contribution in [3.05, 3.63) is 46.3 Å². The molecule has 2 aromatic rings. The number of benzene rings is 1. The van der Waals surface area contributed by atoms with Gasteiger partial charge in [0.2, 0.25) is 0 Å². The van der Waals surface area contributed by atoms with E-state index in [-0.39, 0.29) is 17.6 Å². The number of ether oxygens (including phenoxy) is 1. The third-order valence-electron chi connectivity index (χ3n) is 4.42. The molecule has 0 aliphatic carbocycles. The van der Waals surface area contributed by atoms with Gasteiger partial charge in [-0.3, -0.25) is 4.79 Å². The van der Waals surface area contributed by atoms with Crippen molar-refractivity contribution >= 4 is 16.9 Å². The molecule has 3 rings (SSSR count). The summed E-state index contributed by atoms with van der Waals surface area (Å²) < 4.78 is 11.0. The molecule has 0 spiro atoms. The number of carbonyl (C=O) groups excluding carboxylic acids is 1. The monoisotopic (exact) mass is 344 g/mol. The molecule has 1 aliphatic rings. The number of para-hydroxylation sites is 1. The molecule has 1 aromatic carbocycles. The van der Waals surface area contributed by atoms with Gasteiger partial charge in [0.15, 0.2) is 0 Å². The number of fused-ring (bicyclic) bond motifs is 1. The number of hydrogen-bond donors (Lipinski definition) is 0. The van der Waals surface area contributed by atoms with Gasteiger partial charge in [0.25, 0.3) is 5.91 Å². The molecule has 1 unspecified atom stereocenters. The first kappa shape index (κ1) is 17.6. The van der Waals surface area contributed by atoms with E-state index < -0.39 is 5.63 Å². The first-order valence-electron chi connectivity index (χ1n) is 8.63. The lowest BCUT2D eigenvalue weighted by molar-refractivity contribution is 0.0509. The maximum Gasteiger partial charge on any atom is 0.349 e. The van der Waals surface area contributed by atoms with Gasteiger partial charge in [-0.25, -0.2) is 4.79 Å². The van der Waals surface area contributed by atoms with E-state index in [1.54, 1.807) is 23.1 Å². The predicted octanol–water partition coefficient (Wildman–Crippen LogP) is 1.98. The highest BCUT2D eigenvalue weighted by molar-refractivity contribution is 5.96. The number of likely N-dealkylation sites (N-methyl/N-ethyl adjacent to an activating group) is 1. The van der Waals surface area contributed by atoms with Crippen LogP contribution in [0, 0.1) is 0 Å². The number of amides is 1. The fourth-order valence-corrected chi connectivity index (χ4v) is 3.01. The summed E-state index contributed by atoms with van der Waals surface area (Å²) in [6.07, 6.45) is 2.00. The zero-order valence-corrected chi connectivity index (χ0v) is 14.7. The predicted molar refractivity (Wildman–Crippen MR) is 95.9 cm³/mol. The van der Waals surface area contributed by atoms with Gasteiger partial charge in [0.05, 0.1) is 6.10 Å². The molecule has 1 amide bonds. The number of rotatable bonds is 6. The van der Waals surface area contributed by atoms with E-state index in [1.165, 1.54) is 0 Å². The largest absolute Gasteiger partial charge is 0.422 e. The molecule has 0 saturated carbocycles. The van der Waals surface area contributed by atoms with Crippen LogP contribution in [0.3, 0.4) is 0 Å². The van der Waals surface area contributed by atoms with Crippen LogP contribution in [-0.4, -0.2) is 62.1 Å². The van der Waals surface area contributed by atoms with Crippen molar-refractivity contribution in [3.63, 3.8) is 0 Å². The van der Waals surface area contributed by atoms with Gasteiger partial charge in [-0.2, -0.15) is 0 Å². The molecule has 6 heteroatoms. The normalized spacial score (nSPS) is 17.3. The zero-order chi connectivity index (χ0) is 17.8. The Morgan fingerprint density at radius 2 is 2.04 bits per heavy atom. The lowest BCUT2D eigenvalue weighted by atomic mass is 10.1. The highest BCUT2D eigenvalue weighted by atomic mass is 16.5. The van der Waals surface area contributed by atoms with E-state index in [0.29, 0.717) is 18.7 Å². The molecule has 25 heavy (non-hydrogen) atoms. The van der Waals surface area contributed by atoms with Crippen LogP contribution in [-0.2, 0) is 4.74 Å². The second-order valence-electron chi connectivity index (χ2n) is 6.67. The maximum atomic E-state index is 13.0. The third kappa shape index (κ3) is 4.27. The minimum Gasteiger partial charge on any atom is -0.422 e. The van der Waals surface area contributed by atoms with Gasteiger partial charge in [-0.1, -0.05) is 18.2 Å². The van der Waals surface area contributed by atoms with Crippen LogP contribution in [0.2, 0.25) is 0 Å². The summed E-state index contributed by atoms with van der Waals surface area (Å²) in [5.74, 6) is -0.295. The molecule has 2 heterocycles. The Kier molecular flexibility index (Phi) is 5.50. The Hall–Kier alpha value is -2.18. The van der Waals surface area contributed by atoms with Crippen LogP contribution in [0.1, 0.15) is 23.2 Å². The summed E-state index contributed by atoms with van der Waals surface area (Å²) in [5, 5.41) is 0.745. The summed E-state index contributed by atoms with van der Waals surface area (Å²) >= 11 is 0. The number of nitrogens with zero attached hydrogens (tertiary/aromatic N) is 2. The fraction of sp³-hybridized carbons (Fsp3) is 0.474. The Balaban J connectivity index is 1.87. The topological polar surface area (TPSA) is 63.0 Å². The van der Waals surface area contributed by atoms with Gasteiger partial charge < -0.3 is 19.0 Å². The fourth-order valence-electron chi connectivity index (χ4n) is 3.01. The van der Waals surface area contributed by atoms with Gasteiger partial charge >= 0.3 is 5.63 Å². The SMILES string of the molecule is CN(C)CCN(CC1CCCO1)C(=O)c1cc2ccccc2oc1=O. The summed E-state index contributed by atoms with van der Waals surface area (Å²) in [6.45, 7) is 2.49. The minimum absolute atomic E-state index is 0.0404. The molecule has 1 saturated heterocycles. The molecular weight excluding hydrogens is 320 g/mol. The third-order valence-corrected chi connectivity index (χ3v) is 4.42. The van der Waals surface area contributed by atoms with Crippen molar-refractivity contribution in [2.24, 2.45) is 0 Å². The van der Waals surface area contributed by atoms with E-state index >= 15 is 0 Å². The zero-order valence-electron chi connectivity index (χ0n) is 14.7. The molecule has 0 radical (unpaired) electrons. The van der Waals surface area contributed by atoms with Gasteiger partial charge in [0, 0.05) is 31.6 Å². The van der Waals surface area contributed by atoms with Gasteiger partial charge in [-0.05, 0) is 39.1 Å². The van der Waals surface area contributed by atoms with Crippen molar-refractivity contribution < 1.29 is 13.9 Å². The van der Waals surface area contributed by atoms with Crippen LogP contribution < -0.4 is 5.63 Å². The lowest BCUT2D eigenvalue weighted by Crippen LogP contribution is -2.42. The van der Waals surface area contributed by atoms with E-state index in [2.05, 4.69) is 0 Å². The van der Waals surface area contributed by atoms with Crippen molar-refractivity contribution in [3.8, 4) is 0 Å². The molecule has 0 N–H and O–H groups in total. The Bertz CT molecular complexity index is 793. The summed E-state index contributed by atoms with van der Waals surface area (Å²) in [6, 6.07) is 8.84. The summed E-state index contributed by atoms with van der Waals surface area (Å²) in [5.41, 5.74) is -0.0237. The molecular formula is C19H24N2O4. The molecule has 134 valence electrons. The van der Waals surface area contributed by atoms with Crippen LogP contribution in [0.15, 0.2) is 39.5 Å². The van der Waals surface area contributed by atoms with Crippen molar-refractivity contribution in [2.75, 3.05) is 40.3 Å². The molecule has 1 atom stereocenters. The highest BCUT2D eigenvalue weighted by Gasteiger charge is 2.25. The Labute approximate surface area is 147 Å². The maximum absolute atomic E-state index is 13.0. The van der Waals surface area contributed by atoms with Crippen LogP contribution in [0.5, 0.6) is 0 Å². The van der Waals surface area contributed by atoms with Crippen molar-refractivity contribution in [2.45, 2.75) is 18.9 Å². The minimum atomic E-state index is -0.592. The van der Waals surface area contributed by atoms with Gasteiger partial charge in [0.1, 0.15) is 11.1 Å². The van der Waals surface area contributed by atoms with E-state index in [9.17, 15) is 9.59 Å². The van der Waals surface area contributed by atoms with E-state index in [4.69, 9.17) is 9.15 Å². The number of hydrogen-bond acceptors (Lipinski definition) is 5. The van der Waals surface area contributed by atoms with Crippen molar-refractivity contribution in [1.29, 1.82) is 0 Å². The standard InChI is InChI=1S/C19H24N2O4/c1-20(2)9-10-21(13-15-7-5-11-24-15)18(22)16-12-14-6-3-4-8-17(14)25-19(16)23/h3-4,6,8,12,15H,5,7,9-11,13H2,1-2H3. The second kappa shape index (κ2) is 7.80. The lowest BCUT2D eigenvalue weighted by Gasteiger charge is -2.26. The Morgan fingerprint density at radius 3 is 2.76 bits per heavy atom. The van der Waals surface area contributed by atoms with Crippen LogP contribution in [0.25, 0.3) is 11.0 Å². The first-order valence-corrected chi connectivity index (χ1v) is 8.63. The molecule has 1 fully saturated rings. The smallest absolute Gasteiger partial charge is 0.349 e. The Morgan fingerprint density at radius 1 is 1.24 bits per heavy atom. The number of carbonyl (C=O) groups is 1. The summed E-state index contributed by atoms with van der Waals surface area (Å²) in [7, 11) is 3.91. The molecule has 6 nitrogen and oxygen atoms in total. The molecule has 1 aromatic heterocycles. The van der Waals surface area contributed by atoms with Crippen LogP contribution in [0.4, 0.5) is 0 Å². The molecule has 0 bridgehead atoms. The quantitative estimate of drug-likeness (QED) is 0.750.